The number of hydrogen-bond acceptors (Lipinski definition) is 4. The van der Waals surface area contributed by atoms with Crippen LogP contribution in [0.2, 0.25) is 5.15 Å². The van der Waals surface area contributed by atoms with E-state index in [2.05, 4.69) is 14.6 Å². The molecule has 0 saturated heterocycles. The van der Waals surface area contributed by atoms with E-state index in [9.17, 15) is 8.42 Å². The van der Waals surface area contributed by atoms with Crippen LogP contribution < -0.4 is 4.72 Å². The van der Waals surface area contributed by atoms with E-state index >= 15 is 0 Å². The molecule has 108 valence electrons. The summed E-state index contributed by atoms with van der Waals surface area (Å²) in [4.78, 5) is 6.07. The van der Waals surface area contributed by atoms with Crippen LogP contribution in [-0.2, 0) is 10.0 Å². The first-order valence-corrected chi connectivity index (χ1v) is 8.11. The molecule has 19 heavy (non-hydrogen) atoms. The monoisotopic (exact) mass is 305 g/mol. The van der Waals surface area contributed by atoms with Gasteiger partial charge in [0.05, 0.1) is 4.90 Å². The van der Waals surface area contributed by atoms with Gasteiger partial charge in [0.25, 0.3) is 0 Å². The molecular weight excluding hydrogens is 286 g/mol. The predicted molar refractivity (Wildman–Crippen MR) is 76.8 cm³/mol. The molecular formula is C12H20ClN3O2S. The Kier molecular flexibility index (Phi) is 6.19. The largest absolute Gasteiger partial charge is 0.302 e. The molecule has 0 aliphatic heterocycles. The summed E-state index contributed by atoms with van der Waals surface area (Å²) >= 11 is 5.71. The third kappa shape index (κ3) is 5.06. The number of nitrogens with zero attached hydrogens (tertiary/aromatic N) is 2. The quantitative estimate of drug-likeness (QED) is 0.780. The molecule has 0 saturated carbocycles. The van der Waals surface area contributed by atoms with Crippen molar-refractivity contribution in [3.8, 4) is 0 Å². The van der Waals surface area contributed by atoms with E-state index in [4.69, 9.17) is 11.6 Å². The van der Waals surface area contributed by atoms with Crippen LogP contribution in [0, 0.1) is 0 Å². The van der Waals surface area contributed by atoms with Crippen LogP contribution in [0.25, 0.3) is 0 Å². The van der Waals surface area contributed by atoms with Gasteiger partial charge in [-0.15, -0.1) is 0 Å². The van der Waals surface area contributed by atoms with Gasteiger partial charge in [-0.25, -0.2) is 18.1 Å². The van der Waals surface area contributed by atoms with Gasteiger partial charge in [-0.05, 0) is 32.1 Å². The second kappa shape index (κ2) is 7.19. The van der Waals surface area contributed by atoms with Gasteiger partial charge in [0, 0.05) is 18.8 Å². The molecule has 0 aliphatic carbocycles. The van der Waals surface area contributed by atoms with Crippen molar-refractivity contribution < 1.29 is 8.42 Å². The van der Waals surface area contributed by atoms with Gasteiger partial charge in [0.15, 0.2) is 0 Å². The van der Waals surface area contributed by atoms with Crippen LogP contribution in [0.4, 0.5) is 0 Å². The molecule has 0 amide bonds. The Morgan fingerprint density at radius 2 is 2.05 bits per heavy atom. The highest BCUT2D eigenvalue weighted by molar-refractivity contribution is 7.89. The van der Waals surface area contributed by atoms with Crippen molar-refractivity contribution in [3.05, 3.63) is 23.5 Å². The summed E-state index contributed by atoms with van der Waals surface area (Å²) in [5, 5.41) is 0.166. The minimum absolute atomic E-state index is 0.138. The predicted octanol–water partition coefficient (Wildman–Crippen LogP) is 1.74. The molecule has 0 aromatic carbocycles. The fourth-order valence-corrected chi connectivity index (χ4v) is 3.28. The Labute approximate surface area is 120 Å². The molecule has 0 fully saturated rings. The molecule has 1 heterocycles. The molecule has 7 heteroatoms. The Balaban J connectivity index is 2.74. The molecule has 1 aromatic rings. The number of aromatic nitrogens is 1. The van der Waals surface area contributed by atoms with Crippen LogP contribution >= 0.6 is 11.6 Å². The molecule has 1 atom stereocenters. The Morgan fingerprint density at radius 3 is 2.58 bits per heavy atom. The summed E-state index contributed by atoms with van der Waals surface area (Å²) in [6.45, 7) is 8.40. The molecule has 0 spiro atoms. The van der Waals surface area contributed by atoms with Gasteiger partial charge in [-0.2, -0.15) is 0 Å². The highest BCUT2D eigenvalue weighted by Crippen LogP contribution is 2.13. The Morgan fingerprint density at radius 1 is 1.42 bits per heavy atom. The maximum Gasteiger partial charge on any atom is 0.241 e. The Bertz CT molecular complexity index is 503. The van der Waals surface area contributed by atoms with E-state index < -0.39 is 10.0 Å². The number of sulfonamides is 1. The molecule has 1 rings (SSSR count). The van der Waals surface area contributed by atoms with E-state index in [0.717, 1.165) is 13.1 Å². The average Bonchev–Trinajstić information content (AvgIpc) is 2.35. The lowest BCUT2D eigenvalue weighted by Gasteiger charge is -2.23. The molecule has 0 radical (unpaired) electrons. The van der Waals surface area contributed by atoms with Crippen LogP contribution in [0.3, 0.4) is 0 Å². The maximum absolute atomic E-state index is 12.1. The zero-order valence-electron chi connectivity index (χ0n) is 11.4. The number of hydrogen-bond donors (Lipinski definition) is 1. The lowest BCUT2D eigenvalue weighted by atomic mass is 10.3. The first-order valence-electron chi connectivity index (χ1n) is 6.25. The number of halogens is 1. The maximum atomic E-state index is 12.1. The topological polar surface area (TPSA) is 62.3 Å². The fraction of sp³-hybridized carbons (Fsp3) is 0.583. The summed E-state index contributed by atoms with van der Waals surface area (Å²) < 4.78 is 26.9. The van der Waals surface area contributed by atoms with Gasteiger partial charge < -0.3 is 4.90 Å². The van der Waals surface area contributed by atoms with E-state index in [0.29, 0.717) is 6.54 Å². The van der Waals surface area contributed by atoms with E-state index in [1.54, 1.807) is 0 Å². The van der Waals surface area contributed by atoms with E-state index in [1.165, 1.54) is 18.3 Å². The van der Waals surface area contributed by atoms with Crippen molar-refractivity contribution in [1.29, 1.82) is 0 Å². The summed E-state index contributed by atoms with van der Waals surface area (Å²) in [5.74, 6) is 0. The third-order valence-corrected chi connectivity index (χ3v) is 4.59. The lowest BCUT2D eigenvalue weighted by molar-refractivity contribution is 0.282. The van der Waals surface area contributed by atoms with Crippen molar-refractivity contribution >= 4 is 21.6 Å². The number of nitrogens with one attached hydrogen (secondary N) is 1. The first kappa shape index (κ1) is 16.4. The summed E-state index contributed by atoms with van der Waals surface area (Å²) in [5.41, 5.74) is 0. The highest BCUT2D eigenvalue weighted by atomic mass is 35.5. The van der Waals surface area contributed by atoms with E-state index in [-0.39, 0.29) is 16.1 Å². The van der Waals surface area contributed by atoms with Gasteiger partial charge in [-0.3, -0.25) is 0 Å². The van der Waals surface area contributed by atoms with Crippen LogP contribution in [0.15, 0.2) is 23.2 Å². The number of pyridine rings is 1. The normalized spacial score (nSPS) is 13.7. The first-order chi connectivity index (χ1) is 8.89. The number of rotatable bonds is 7. The smallest absolute Gasteiger partial charge is 0.241 e. The van der Waals surface area contributed by atoms with Gasteiger partial charge in [0.1, 0.15) is 5.15 Å². The summed E-state index contributed by atoms with van der Waals surface area (Å²) in [7, 11) is -3.55. The summed E-state index contributed by atoms with van der Waals surface area (Å²) in [6.07, 6.45) is 1.38. The van der Waals surface area contributed by atoms with E-state index in [1.807, 2.05) is 20.8 Å². The van der Waals surface area contributed by atoms with Crippen LogP contribution in [-0.4, -0.2) is 44.0 Å². The van der Waals surface area contributed by atoms with Crippen LogP contribution in [0.1, 0.15) is 20.8 Å². The summed E-state index contributed by atoms with van der Waals surface area (Å²) in [6, 6.07) is 2.60. The average molecular weight is 306 g/mol. The number of likely N-dealkylation sites (N-methyl/N-ethyl adjacent to an activating group) is 1. The third-order valence-electron chi connectivity index (χ3n) is 2.79. The highest BCUT2D eigenvalue weighted by Gasteiger charge is 2.18. The Hall–Kier alpha value is -0.690. The van der Waals surface area contributed by atoms with Gasteiger partial charge in [0.2, 0.25) is 10.0 Å². The SMILES string of the molecule is CCN(CC)CC(C)NS(=O)(=O)c1ccnc(Cl)c1. The molecule has 0 bridgehead atoms. The molecule has 1 aromatic heterocycles. The molecule has 5 nitrogen and oxygen atoms in total. The molecule has 1 N–H and O–H groups in total. The standard InChI is InChI=1S/C12H20ClN3O2S/c1-4-16(5-2)9-10(3)15-19(17,18)11-6-7-14-12(13)8-11/h6-8,10,15H,4-5,9H2,1-3H3. The van der Waals surface area contributed by atoms with Crippen molar-refractivity contribution in [1.82, 2.24) is 14.6 Å². The van der Waals surface area contributed by atoms with Crippen LogP contribution in [0.5, 0.6) is 0 Å². The minimum Gasteiger partial charge on any atom is -0.302 e. The van der Waals surface area contributed by atoms with Crippen molar-refractivity contribution in [3.63, 3.8) is 0 Å². The fourth-order valence-electron chi connectivity index (χ4n) is 1.79. The van der Waals surface area contributed by atoms with Gasteiger partial charge >= 0.3 is 0 Å². The zero-order valence-corrected chi connectivity index (χ0v) is 13.0. The second-order valence-corrected chi connectivity index (χ2v) is 6.42. The molecule has 0 aliphatic rings. The molecule has 1 unspecified atom stereocenters. The second-order valence-electron chi connectivity index (χ2n) is 4.32. The minimum atomic E-state index is -3.55. The van der Waals surface area contributed by atoms with Crippen molar-refractivity contribution in [2.24, 2.45) is 0 Å². The lowest BCUT2D eigenvalue weighted by Crippen LogP contribution is -2.41. The van der Waals surface area contributed by atoms with Gasteiger partial charge in [-0.1, -0.05) is 25.4 Å². The zero-order chi connectivity index (χ0) is 14.5. The van der Waals surface area contributed by atoms with Crippen molar-refractivity contribution in [2.75, 3.05) is 19.6 Å². The van der Waals surface area contributed by atoms with Crippen molar-refractivity contribution in [2.45, 2.75) is 31.7 Å².